The summed E-state index contributed by atoms with van der Waals surface area (Å²) in [7, 11) is 0. The van der Waals surface area contributed by atoms with E-state index in [4.69, 9.17) is 4.74 Å². The summed E-state index contributed by atoms with van der Waals surface area (Å²) < 4.78 is 5.92. The number of pyridine rings is 1. The molecule has 0 spiro atoms. The number of nitrogens with zero attached hydrogens (tertiary/aromatic N) is 3. The van der Waals surface area contributed by atoms with E-state index in [1.165, 1.54) is 44.3 Å². The highest BCUT2D eigenvalue weighted by atomic mass is 16.5. The van der Waals surface area contributed by atoms with Gasteiger partial charge in [-0.15, -0.1) is 0 Å². The zero-order chi connectivity index (χ0) is 19.2. The van der Waals surface area contributed by atoms with Crippen LogP contribution >= 0.6 is 0 Å². The van der Waals surface area contributed by atoms with Gasteiger partial charge in [0.25, 0.3) is 0 Å². The molecule has 0 saturated carbocycles. The Morgan fingerprint density at radius 3 is 2.68 bits per heavy atom. The van der Waals surface area contributed by atoms with E-state index < -0.39 is 0 Å². The van der Waals surface area contributed by atoms with Crippen LogP contribution in [0.2, 0.25) is 0 Å². The highest BCUT2D eigenvalue weighted by molar-refractivity contribution is 5.78. The number of carbonyl (C=O) groups excluding carboxylic acids is 1. The van der Waals surface area contributed by atoms with Crippen LogP contribution < -0.4 is 4.74 Å². The Morgan fingerprint density at radius 1 is 1.04 bits per heavy atom. The van der Waals surface area contributed by atoms with Gasteiger partial charge in [0.05, 0.1) is 13.0 Å². The van der Waals surface area contributed by atoms with Crippen molar-refractivity contribution in [2.45, 2.75) is 45.2 Å². The SMILES string of the molecule is O=C(Cc1cccnc1)N1CCOc2ccc(CN3CCCCCC3)cc2C1. The molecule has 0 unspecified atom stereocenters. The fourth-order valence-corrected chi connectivity index (χ4v) is 4.10. The lowest BCUT2D eigenvalue weighted by atomic mass is 10.1. The predicted octanol–water partition coefficient (Wildman–Crippen LogP) is 3.42. The molecule has 148 valence electrons. The quantitative estimate of drug-likeness (QED) is 0.817. The van der Waals surface area contributed by atoms with Crippen LogP contribution in [0.4, 0.5) is 0 Å². The van der Waals surface area contributed by atoms with Crippen molar-refractivity contribution >= 4 is 5.91 Å². The minimum atomic E-state index is 0.127. The molecule has 28 heavy (non-hydrogen) atoms. The molecule has 0 atom stereocenters. The largest absolute Gasteiger partial charge is 0.491 e. The van der Waals surface area contributed by atoms with E-state index in [1.54, 1.807) is 12.4 Å². The first kappa shape index (κ1) is 18.9. The minimum Gasteiger partial charge on any atom is -0.491 e. The van der Waals surface area contributed by atoms with Crippen molar-refractivity contribution in [1.82, 2.24) is 14.8 Å². The second-order valence-corrected chi connectivity index (χ2v) is 7.83. The fraction of sp³-hybridized carbons (Fsp3) is 0.478. The molecule has 1 amide bonds. The van der Waals surface area contributed by atoms with E-state index in [0.717, 1.165) is 23.4 Å². The average molecular weight is 380 g/mol. The number of amides is 1. The third-order valence-corrected chi connectivity index (χ3v) is 5.64. The maximum absolute atomic E-state index is 12.8. The second-order valence-electron chi connectivity index (χ2n) is 7.83. The van der Waals surface area contributed by atoms with Gasteiger partial charge < -0.3 is 9.64 Å². The summed E-state index contributed by atoms with van der Waals surface area (Å²) in [5.74, 6) is 1.04. The standard InChI is InChI=1S/C23H29N3O2/c27-23(15-19-6-5-9-24-16-19)26-12-13-28-22-8-7-20(14-21(22)18-26)17-25-10-3-1-2-4-11-25/h5-9,14,16H,1-4,10-13,15,17-18H2. The van der Waals surface area contributed by atoms with Crippen molar-refractivity contribution < 1.29 is 9.53 Å². The van der Waals surface area contributed by atoms with Gasteiger partial charge in [-0.2, -0.15) is 0 Å². The van der Waals surface area contributed by atoms with Crippen LogP contribution in [-0.2, 0) is 24.3 Å². The lowest BCUT2D eigenvalue weighted by Crippen LogP contribution is -2.33. The van der Waals surface area contributed by atoms with Crippen LogP contribution in [-0.4, -0.2) is 46.9 Å². The molecular formula is C23H29N3O2. The molecule has 1 fully saturated rings. The van der Waals surface area contributed by atoms with Gasteiger partial charge in [0.1, 0.15) is 12.4 Å². The summed E-state index contributed by atoms with van der Waals surface area (Å²) in [4.78, 5) is 21.4. The van der Waals surface area contributed by atoms with Gasteiger partial charge >= 0.3 is 0 Å². The molecule has 5 heteroatoms. The molecule has 3 heterocycles. The molecule has 0 radical (unpaired) electrons. The van der Waals surface area contributed by atoms with Crippen molar-refractivity contribution in [2.24, 2.45) is 0 Å². The van der Waals surface area contributed by atoms with Crippen molar-refractivity contribution in [3.8, 4) is 5.75 Å². The zero-order valence-corrected chi connectivity index (χ0v) is 16.5. The molecule has 2 aliphatic heterocycles. The van der Waals surface area contributed by atoms with Crippen molar-refractivity contribution in [2.75, 3.05) is 26.2 Å². The number of likely N-dealkylation sites (tertiary alicyclic amines) is 1. The van der Waals surface area contributed by atoms with Crippen molar-refractivity contribution in [3.05, 3.63) is 59.4 Å². The number of ether oxygens (including phenoxy) is 1. The third kappa shape index (κ3) is 4.90. The van der Waals surface area contributed by atoms with Gasteiger partial charge in [0, 0.05) is 31.0 Å². The maximum atomic E-state index is 12.8. The van der Waals surface area contributed by atoms with E-state index in [2.05, 4.69) is 28.1 Å². The predicted molar refractivity (Wildman–Crippen MR) is 109 cm³/mol. The Morgan fingerprint density at radius 2 is 1.89 bits per heavy atom. The summed E-state index contributed by atoms with van der Waals surface area (Å²) >= 11 is 0. The average Bonchev–Trinajstić information content (AvgIpc) is 3.09. The fourth-order valence-electron chi connectivity index (χ4n) is 4.10. The highest BCUT2D eigenvalue weighted by Gasteiger charge is 2.21. The van der Waals surface area contributed by atoms with Crippen LogP contribution in [0, 0.1) is 0 Å². The molecule has 0 bridgehead atoms. The summed E-state index contributed by atoms with van der Waals surface area (Å²) in [5.41, 5.74) is 3.38. The van der Waals surface area contributed by atoms with Crippen molar-refractivity contribution in [3.63, 3.8) is 0 Å². The second kappa shape index (κ2) is 9.20. The molecule has 1 saturated heterocycles. The van der Waals surface area contributed by atoms with E-state index in [1.807, 2.05) is 17.0 Å². The molecule has 0 N–H and O–H groups in total. The number of hydrogen-bond donors (Lipinski definition) is 0. The summed E-state index contributed by atoms with van der Waals surface area (Å²) in [5, 5.41) is 0. The third-order valence-electron chi connectivity index (χ3n) is 5.64. The Kier molecular flexibility index (Phi) is 6.22. The van der Waals surface area contributed by atoms with E-state index >= 15 is 0 Å². The number of hydrogen-bond acceptors (Lipinski definition) is 4. The van der Waals surface area contributed by atoms with Crippen LogP contribution in [0.5, 0.6) is 5.75 Å². The first-order valence-electron chi connectivity index (χ1n) is 10.4. The summed E-state index contributed by atoms with van der Waals surface area (Å²) in [6, 6.07) is 10.3. The number of benzene rings is 1. The Balaban J connectivity index is 1.44. The number of rotatable bonds is 4. The molecule has 4 rings (SSSR count). The number of fused-ring (bicyclic) bond motifs is 1. The van der Waals surface area contributed by atoms with E-state index in [0.29, 0.717) is 26.1 Å². The number of carbonyl (C=O) groups is 1. The molecule has 5 nitrogen and oxygen atoms in total. The smallest absolute Gasteiger partial charge is 0.227 e. The zero-order valence-electron chi connectivity index (χ0n) is 16.5. The summed E-state index contributed by atoms with van der Waals surface area (Å²) in [6.07, 6.45) is 9.17. The molecule has 2 aliphatic rings. The summed E-state index contributed by atoms with van der Waals surface area (Å²) in [6.45, 7) is 5.12. The maximum Gasteiger partial charge on any atom is 0.227 e. The van der Waals surface area contributed by atoms with Crippen molar-refractivity contribution in [1.29, 1.82) is 0 Å². The van der Waals surface area contributed by atoms with Gasteiger partial charge in [-0.05, 0) is 55.3 Å². The van der Waals surface area contributed by atoms with Gasteiger partial charge in [-0.3, -0.25) is 14.7 Å². The van der Waals surface area contributed by atoms with Gasteiger partial charge in [-0.1, -0.05) is 25.0 Å². The Hall–Kier alpha value is -2.40. The Labute approximate surface area is 167 Å². The van der Waals surface area contributed by atoms with Crippen LogP contribution in [0.1, 0.15) is 42.4 Å². The minimum absolute atomic E-state index is 0.127. The first-order chi connectivity index (χ1) is 13.8. The number of aromatic nitrogens is 1. The molecule has 1 aromatic heterocycles. The topological polar surface area (TPSA) is 45.7 Å². The van der Waals surface area contributed by atoms with E-state index in [-0.39, 0.29) is 5.91 Å². The van der Waals surface area contributed by atoms with Crippen LogP contribution in [0.25, 0.3) is 0 Å². The van der Waals surface area contributed by atoms with Gasteiger partial charge in [0.15, 0.2) is 0 Å². The van der Waals surface area contributed by atoms with Gasteiger partial charge in [0.2, 0.25) is 5.91 Å². The van der Waals surface area contributed by atoms with Crippen LogP contribution in [0.15, 0.2) is 42.7 Å². The first-order valence-corrected chi connectivity index (χ1v) is 10.4. The normalized spacial score (nSPS) is 17.9. The van der Waals surface area contributed by atoms with Gasteiger partial charge in [-0.25, -0.2) is 0 Å². The van der Waals surface area contributed by atoms with Crippen LogP contribution in [0.3, 0.4) is 0 Å². The lowest BCUT2D eigenvalue weighted by molar-refractivity contribution is -0.131. The van der Waals surface area contributed by atoms with E-state index in [9.17, 15) is 4.79 Å². The molecule has 0 aliphatic carbocycles. The molecule has 1 aromatic carbocycles. The molecule has 2 aromatic rings. The monoisotopic (exact) mass is 379 g/mol. The molecular weight excluding hydrogens is 350 g/mol. The Bertz CT molecular complexity index is 786. The highest BCUT2D eigenvalue weighted by Crippen LogP contribution is 2.26. The lowest BCUT2D eigenvalue weighted by Gasteiger charge is -2.22.